The lowest BCUT2D eigenvalue weighted by atomic mass is 9.95. The second-order valence-electron chi connectivity index (χ2n) is 7.32. The lowest BCUT2D eigenvalue weighted by molar-refractivity contribution is -0.140. The van der Waals surface area contributed by atoms with Gasteiger partial charge in [0.1, 0.15) is 5.69 Å². The number of carbonyl (C=O) groups is 2. The van der Waals surface area contributed by atoms with Crippen LogP contribution < -0.4 is 5.32 Å². The number of rotatable bonds is 3. The van der Waals surface area contributed by atoms with Crippen LogP contribution in [0.3, 0.4) is 0 Å². The summed E-state index contributed by atoms with van der Waals surface area (Å²) in [7, 11) is 0. The van der Waals surface area contributed by atoms with Crippen molar-refractivity contribution in [3.05, 3.63) is 17.7 Å². The van der Waals surface area contributed by atoms with Crippen molar-refractivity contribution in [2.24, 2.45) is 5.92 Å². The third-order valence-corrected chi connectivity index (χ3v) is 5.67. The molecule has 1 aromatic rings. The van der Waals surface area contributed by atoms with Crippen LogP contribution in [0.4, 0.5) is 0 Å². The standard InChI is InChI=1S/C18H26N4O3/c23-17(20-14-3-1-2-4-14)16-15-6-5-13(11-22(15)12-19-16)18(24)21-7-9-25-10-8-21/h12-14H,1-11H2,(H,20,23). The number of morpholine rings is 1. The second-order valence-corrected chi connectivity index (χ2v) is 7.32. The van der Waals surface area contributed by atoms with Crippen LogP contribution in [0.25, 0.3) is 0 Å². The minimum atomic E-state index is -0.0568. The molecule has 0 radical (unpaired) electrons. The Bertz CT molecular complexity index is 645. The molecule has 25 heavy (non-hydrogen) atoms. The zero-order chi connectivity index (χ0) is 17.2. The normalized spacial score (nSPS) is 24.2. The van der Waals surface area contributed by atoms with Crippen molar-refractivity contribution in [1.82, 2.24) is 19.8 Å². The van der Waals surface area contributed by atoms with Crippen molar-refractivity contribution < 1.29 is 14.3 Å². The quantitative estimate of drug-likeness (QED) is 0.885. The summed E-state index contributed by atoms with van der Waals surface area (Å²) < 4.78 is 7.32. The average Bonchev–Trinajstić information content (AvgIpc) is 3.30. The van der Waals surface area contributed by atoms with Crippen molar-refractivity contribution >= 4 is 11.8 Å². The fourth-order valence-corrected chi connectivity index (χ4v) is 4.22. The molecular formula is C18H26N4O3. The van der Waals surface area contributed by atoms with Gasteiger partial charge in [0.25, 0.3) is 5.91 Å². The summed E-state index contributed by atoms with van der Waals surface area (Å²) in [5.41, 5.74) is 1.52. The number of nitrogens with one attached hydrogen (secondary N) is 1. The molecule has 1 aliphatic carbocycles. The first kappa shape index (κ1) is 16.6. The van der Waals surface area contributed by atoms with Crippen LogP contribution in [0.2, 0.25) is 0 Å². The van der Waals surface area contributed by atoms with Gasteiger partial charge in [-0.25, -0.2) is 4.98 Å². The van der Waals surface area contributed by atoms with Crippen LogP contribution in [0, 0.1) is 5.92 Å². The van der Waals surface area contributed by atoms with Gasteiger partial charge >= 0.3 is 0 Å². The first-order chi connectivity index (χ1) is 12.2. The highest BCUT2D eigenvalue weighted by Crippen LogP contribution is 2.25. The Labute approximate surface area is 147 Å². The van der Waals surface area contributed by atoms with E-state index in [9.17, 15) is 9.59 Å². The van der Waals surface area contributed by atoms with E-state index >= 15 is 0 Å². The molecule has 4 rings (SSSR count). The number of hydrogen-bond donors (Lipinski definition) is 1. The number of fused-ring (bicyclic) bond motifs is 1. The second kappa shape index (κ2) is 7.15. The molecule has 1 unspecified atom stereocenters. The molecule has 3 aliphatic rings. The molecule has 1 N–H and O–H groups in total. The van der Waals surface area contributed by atoms with Crippen molar-refractivity contribution in [3.63, 3.8) is 0 Å². The fraction of sp³-hybridized carbons (Fsp3) is 0.722. The van der Waals surface area contributed by atoms with E-state index in [0.717, 1.165) is 31.4 Å². The van der Waals surface area contributed by atoms with Crippen LogP contribution in [0.5, 0.6) is 0 Å². The molecule has 1 atom stereocenters. The largest absolute Gasteiger partial charge is 0.378 e. The highest BCUT2D eigenvalue weighted by Gasteiger charge is 2.32. The molecule has 1 saturated carbocycles. The van der Waals surface area contributed by atoms with E-state index in [1.807, 2.05) is 9.47 Å². The molecule has 1 aromatic heterocycles. The van der Waals surface area contributed by atoms with Gasteiger partial charge in [-0.1, -0.05) is 12.8 Å². The van der Waals surface area contributed by atoms with Gasteiger partial charge in [0, 0.05) is 25.7 Å². The topological polar surface area (TPSA) is 76.5 Å². The number of carbonyl (C=O) groups excluding carboxylic acids is 2. The number of ether oxygens (including phenoxy) is 1. The van der Waals surface area contributed by atoms with E-state index < -0.39 is 0 Å². The molecule has 136 valence electrons. The number of aromatic nitrogens is 2. The van der Waals surface area contributed by atoms with Crippen LogP contribution in [-0.4, -0.2) is 58.6 Å². The summed E-state index contributed by atoms with van der Waals surface area (Å²) in [6.07, 6.45) is 7.75. The van der Waals surface area contributed by atoms with Crippen LogP contribution >= 0.6 is 0 Å². The van der Waals surface area contributed by atoms with Crippen molar-refractivity contribution in [2.75, 3.05) is 26.3 Å². The Morgan fingerprint density at radius 3 is 2.68 bits per heavy atom. The number of nitrogens with zero attached hydrogens (tertiary/aromatic N) is 3. The van der Waals surface area contributed by atoms with Gasteiger partial charge in [0.2, 0.25) is 5.91 Å². The molecule has 7 nitrogen and oxygen atoms in total. The maximum atomic E-state index is 12.7. The Hall–Kier alpha value is -1.89. The SMILES string of the molecule is O=C(NC1CCCC1)c1ncn2c1CCC(C(=O)N1CCOCC1)C2. The van der Waals surface area contributed by atoms with E-state index in [-0.39, 0.29) is 17.7 Å². The Kier molecular flexibility index (Phi) is 4.74. The molecule has 7 heteroatoms. The highest BCUT2D eigenvalue weighted by molar-refractivity contribution is 5.93. The summed E-state index contributed by atoms with van der Waals surface area (Å²) in [5, 5.41) is 3.11. The summed E-state index contributed by atoms with van der Waals surface area (Å²) in [5.74, 6) is 0.128. The number of hydrogen-bond acceptors (Lipinski definition) is 4. The molecule has 3 heterocycles. The van der Waals surface area contributed by atoms with Gasteiger partial charge in [-0.05, 0) is 25.7 Å². The fourth-order valence-electron chi connectivity index (χ4n) is 4.22. The molecule has 0 bridgehead atoms. The van der Waals surface area contributed by atoms with E-state index in [0.29, 0.717) is 44.6 Å². The lowest BCUT2D eigenvalue weighted by Gasteiger charge is -2.32. The third kappa shape index (κ3) is 3.42. The zero-order valence-electron chi connectivity index (χ0n) is 14.6. The molecular weight excluding hydrogens is 320 g/mol. The molecule has 0 aromatic carbocycles. The van der Waals surface area contributed by atoms with Gasteiger partial charge in [-0.2, -0.15) is 0 Å². The van der Waals surface area contributed by atoms with Crippen molar-refractivity contribution in [2.45, 2.75) is 51.1 Å². The molecule has 2 fully saturated rings. The maximum Gasteiger partial charge on any atom is 0.271 e. The Morgan fingerprint density at radius 1 is 1.16 bits per heavy atom. The number of amides is 2. The molecule has 2 amide bonds. The minimum absolute atomic E-state index is 0.0226. The Morgan fingerprint density at radius 2 is 1.92 bits per heavy atom. The minimum Gasteiger partial charge on any atom is -0.378 e. The maximum absolute atomic E-state index is 12.7. The zero-order valence-corrected chi connectivity index (χ0v) is 14.6. The van der Waals surface area contributed by atoms with E-state index in [1.165, 1.54) is 12.8 Å². The summed E-state index contributed by atoms with van der Waals surface area (Å²) in [6.45, 7) is 3.23. The van der Waals surface area contributed by atoms with Crippen LogP contribution in [-0.2, 0) is 22.5 Å². The van der Waals surface area contributed by atoms with Gasteiger partial charge in [-0.3, -0.25) is 9.59 Å². The highest BCUT2D eigenvalue weighted by atomic mass is 16.5. The molecule has 1 saturated heterocycles. The first-order valence-corrected chi connectivity index (χ1v) is 9.44. The van der Waals surface area contributed by atoms with Crippen LogP contribution in [0.15, 0.2) is 6.33 Å². The summed E-state index contributed by atoms with van der Waals surface area (Å²) in [6, 6.07) is 0.295. The monoisotopic (exact) mass is 346 g/mol. The summed E-state index contributed by atoms with van der Waals surface area (Å²) >= 11 is 0. The Balaban J connectivity index is 1.41. The smallest absolute Gasteiger partial charge is 0.271 e. The lowest BCUT2D eigenvalue weighted by Crippen LogP contribution is -2.45. The van der Waals surface area contributed by atoms with E-state index in [4.69, 9.17) is 4.74 Å². The predicted molar refractivity (Wildman–Crippen MR) is 91.2 cm³/mol. The molecule has 2 aliphatic heterocycles. The van der Waals surface area contributed by atoms with Gasteiger partial charge in [0.05, 0.1) is 31.2 Å². The summed E-state index contributed by atoms with van der Waals surface area (Å²) in [4.78, 5) is 31.5. The number of imidazole rings is 1. The first-order valence-electron chi connectivity index (χ1n) is 9.44. The third-order valence-electron chi connectivity index (χ3n) is 5.67. The van der Waals surface area contributed by atoms with E-state index in [2.05, 4.69) is 10.3 Å². The van der Waals surface area contributed by atoms with E-state index in [1.54, 1.807) is 6.33 Å². The predicted octanol–water partition coefficient (Wildman–Crippen LogP) is 0.977. The van der Waals surface area contributed by atoms with Gasteiger partial charge in [-0.15, -0.1) is 0 Å². The van der Waals surface area contributed by atoms with Gasteiger partial charge < -0.3 is 19.5 Å². The van der Waals surface area contributed by atoms with Crippen LogP contribution in [0.1, 0.15) is 48.3 Å². The average molecular weight is 346 g/mol. The van der Waals surface area contributed by atoms with Crippen molar-refractivity contribution in [1.29, 1.82) is 0 Å². The molecule has 0 spiro atoms. The van der Waals surface area contributed by atoms with Crippen molar-refractivity contribution in [3.8, 4) is 0 Å². The van der Waals surface area contributed by atoms with Gasteiger partial charge in [0.15, 0.2) is 0 Å².